The molecule has 2 bridgehead atoms. The molecule has 2 aliphatic rings. The minimum atomic E-state index is -3.41. The van der Waals surface area contributed by atoms with Gasteiger partial charge in [0.1, 0.15) is 4.21 Å². The molecule has 2 aliphatic carbocycles. The molecular weight excluding hydrogens is 358 g/mol. The number of halogens is 2. The zero-order valence-corrected chi connectivity index (χ0v) is 13.5. The van der Waals surface area contributed by atoms with Crippen LogP contribution in [-0.4, -0.2) is 14.5 Å². The van der Waals surface area contributed by atoms with Crippen LogP contribution in [0.1, 0.15) is 25.7 Å². The molecule has 0 radical (unpaired) electrons. The summed E-state index contributed by atoms with van der Waals surface area (Å²) in [5.41, 5.74) is 0. The first-order valence-corrected chi connectivity index (χ1v) is 9.40. The Morgan fingerprint density at radius 2 is 2.17 bits per heavy atom. The summed E-state index contributed by atoms with van der Waals surface area (Å²) in [5, 5.41) is 0.452. The number of fused-ring (bicyclic) bond motifs is 2. The summed E-state index contributed by atoms with van der Waals surface area (Å²) in [6, 6.07) is 1.62. The van der Waals surface area contributed by atoms with Gasteiger partial charge in [0.2, 0.25) is 10.0 Å². The topological polar surface area (TPSA) is 46.2 Å². The third-order valence-electron chi connectivity index (χ3n) is 3.93. The van der Waals surface area contributed by atoms with E-state index in [1.54, 1.807) is 0 Å². The summed E-state index contributed by atoms with van der Waals surface area (Å²) in [7, 11) is -3.41. The molecule has 1 N–H and O–H groups in total. The Hall–Kier alpha value is 0.380. The summed E-state index contributed by atoms with van der Waals surface area (Å²) in [6.07, 6.45) is 4.60. The lowest BCUT2D eigenvalue weighted by Gasteiger charge is -2.22. The second kappa shape index (κ2) is 4.74. The van der Waals surface area contributed by atoms with Gasteiger partial charge in [0.15, 0.2) is 0 Å². The van der Waals surface area contributed by atoms with E-state index < -0.39 is 10.0 Å². The lowest BCUT2D eigenvalue weighted by Crippen LogP contribution is -2.38. The van der Waals surface area contributed by atoms with Crippen LogP contribution in [0.5, 0.6) is 0 Å². The molecule has 3 atom stereocenters. The molecule has 3 unspecified atom stereocenters. The van der Waals surface area contributed by atoms with Crippen LogP contribution in [0.25, 0.3) is 0 Å². The van der Waals surface area contributed by atoms with Gasteiger partial charge in [0.25, 0.3) is 0 Å². The lowest BCUT2D eigenvalue weighted by atomic mass is 9.96. The molecule has 7 heteroatoms. The highest BCUT2D eigenvalue weighted by Crippen LogP contribution is 2.45. The van der Waals surface area contributed by atoms with Crippen molar-refractivity contribution in [3.8, 4) is 0 Å². The quantitative estimate of drug-likeness (QED) is 0.883. The Morgan fingerprint density at radius 1 is 1.39 bits per heavy atom. The van der Waals surface area contributed by atoms with Crippen molar-refractivity contribution in [3.63, 3.8) is 0 Å². The Morgan fingerprint density at radius 3 is 2.67 bits per heavy atom. The SMILES string of the molecule is O=S(=O)(NC1CC2CCC1C2)c1cc(Cl)c(Br)s1. The Kier molecular flexibility index (Phi) is 3.52. The molecule has 2 fully saturated rings. The monoisotopic (exact) mass is 369 g/mol. The molecule has 2 saturated carbocycles. The first-order chi connectivity index (χ1) is 8.45. The van der Waals surface area contributed by atoms with Gasteiger partial charge >= 0.3 is 0 Å². The highest BCUT2D eigenvalue weighted by Gasteiger charge is 2.41. The van der Waals surface area contributed by atoms with Gasteiger partial charge in [-0.3, -0.25) is 0 Å². The third kappa shape index (κ3) is 2.38. The maximum Gasteiger partial charge on any atom is 0.250 e. The van der Waals surface area contributed by atoms with E-state index in [2.05, 4.69) is 20.7 Å². The van der Waals surface area contributed by atoms with Crippen molar-refractivity contribution in [2.45, 2.75) is 35.9 Å². The van der Waals surface area contributed by atoms with Gasteiger partial charge in [-0.1, -0.05) is 18.0 Å². The molecule has 0 amide bonds. The fraction of sp³-hybridized carbons (Fsp3) is 0.636. The fourth-order valence-corrected chi connectivity index (χ4v) is 6.84. The summed E-state index contributed by atoms with van der Waals surface area (Å²) < 4.78 is 28.3. The second-order valence-electron chi connectivity index (χ2n) is 5.09. The van der Waals surface area contributed by atoms with Crippen molar-refractivity contribution in [2.75, 3.05) is 0 Å². The van der Waals surface area contributed by atoms with Crippen molar-refractivity contribution < 1.29 is 8.42 Å². The molecule has 18 heavy (non-hydrogen) atoms. The predicted octanol–water partition coefficient (Wildman–Crippen LogP) is 3.63. The van der Waals surface area contributed by atoms with Gasteiger partial charge in [-0.05, 0) is 53.1 Å². The van der Waals surface area contributed by atoms with Crippen LogP contribution in [-0.2, 0) is 10.0 Å². The Labute approximate surface area is 124 Å². The minimum absolute atomic E-state index is 0.119. The smallest absolute Gasteiger partial charge is 0.207 e. The van der Waals surface area contributed by atoms with Crippen LogP contribution < -0.4 is 4.72 Å². The molecule has 0 spiro atoms. The Bertz CT molecular complexity index is 552. The summed E-state index contributed by atoms with van der Waals surface area (Å²) in [6.45, 7) is 0. The molecule has 0 aliphatic heterocycles. The number of hydrogen-bond acceptors (Lipinski definition) is 3. The summed E-state index contributed by atoms with van der Waals surface area (Å²) in [5.74, 6) is 1.25. The van der Waals surface area contributed by atoms with Crippen molar-refractivity contribution in [1.29, 1.82) is 0 Å². The van der Waals surface area contributed by atoms with Crippen molar-refractivity contribution in [1.82, 2.24) is 4.72 Å². The maximum absolute atomic E-state index is 12.2. The van der Waals surface area contributed by atoms with Crippen molar-refractivity contribution >= 4 is 48.9 Å². The molecule has 3 nitrogen and oxygen atoms in total. The molecule has 3 rings (SSSR count). The van der Waals surface area contributed by atoms with Crippen LogP contribution in [0.15, 0.2) is 14.1 Å². The molecule has 100 valence electrons. The molecular formula is C11H13BrClNO2S2. The van der Waals surface area contributed by atoms with Crippen LogP contribution in [0.4, 0.5) is 0 Å². The van der Waals surface area contributed by atoms with Crippen LogP contribution >= 0.6 is 38.9 Å². The van der Waals surface area contributed by atoms with E-state index in [-0.39, 0.29) is 6.04 Å². The van der Waals surface area contributed by atoms with Crippen LogP contribution in [0.2, 0.25) is 5.02 Å². The average molecular weight is 371 g/mol. The largest absolute Gasteiger partial charge is 0.250 e. The number of thiophene rings is 1. The molecule has 0 aromatic carbocycles. The fourth-order valence-electron chi connectivity index (χ4n) is 3.11. The van der Waals surface area contributed by atoms with E-state index in [4.69, 9.17) is 11.6 Å². The molecule has 0 saturated heterocycles. The zero-order chi connectivity index (χ0) is 12.9. The van der Waals surface area contributed by atoms with E-state index in [0.717, 1.165) is 30.1 Å². The first-order valence-electron chi connectivity index (χ1n) is 5.93. The number of nitrogens with one attached hydrogen (secondary N) is 1. The van der Waals surface area contributed by atoms with Gasteiger partial charge in [-0.15, -0.1) is 11.3 Å². The zero-order valence-electron chi connectivity index (χ0n) is 9.53. The number of hydrogen-bond donors (Lipinski definition) is 1. The highest BCUT2D eigenvalue weighted by molar-refractivity contribution is 9.11. The van der Waals surface area contributed by atoms with E-state index >= 15 is 0 Å². The van der Waals surface area contributed by atoms with Gasteiger partial charge in [-0.25, -0.2) is 13.1 Å². The second-order valence-corrected chi connectivity index (χ2v) is 9.81. The van der Waals surface area contributed by atoms with Gasteiger partial charge in [0, 0.05) is 6.04 Å². The Balaban J connectivity index is 1.79. The number of rotatable bonds is 3. The normalized spacial score (nSPS) is 31.1. The average Bonchev–Trinajstić information content (AvgIpc) is 2.95. The highest BCUT2D eigenvalue weighted by atomic mass is 79.9. The first kappa shape index (κ1) is 13.4. The van der Waals surface area contributed by atoms with Crippen LogP contribution in [0, 0.1) is 11.8 Å². The van der Waals surface area contributed by atoms with Gasteiger partial charge < -0.3 is 0 Å². The summed E-state index contributed by atoms with van der Waals surface area (Å²) >= 11 is 10.3. The molecule has 1 aromatic rings. The van der Waals surface area contributed by atoms with E-state index in [1.807, 2.05) is 0 Å². The van der Waals surface area contributed by atoms with Gasteiger partial charge in [0.05, 0.1) is 8.81 Å². The third-order valence-corrected chi connectivity index (χ3v) is 8.37. The molecule has 1 heterocycles. The van der Waals surface area contributed by atoms with E-state index in [1.165, 1.54) is 18.9 Å². The van der Waals surface area contributed by atoms with Crippen LogP contribution in [0.3, 0.4) is 0 Å². The van der Waals surface area contributed by atoms with Crippen molar-refractivity contribution in [3.05, 3.63) is 14.9 Å². The maximum atomic E-state index is 12.2. The standard InChI is InChI=1S/C11H13BrClNO2S2/c12-11-8(13)5-10(17-11)18(15,16)14-9-4-6-1-2-7(9)3-6/h5-7,9,14H,1-4H2. The lowest BCUT2D eigenvalue weighted by molar-refractivity contribution is 0.390. The summed E-state index contributed by atoms with van der Waals surface area (Å²) in [4.78, 5) is 0. The van der Waals surface area contributed by atoms with E-state index in [0.29, 0.717) is 18.9 Å². The molecule has 1 aromatic heterocycles. The predicted molar refractivity (Wildman–Crippen MR) is 76.6 cm³/mol. The van der Waals surface area contributed by atoms with Gasteiger partial charge in [-0.2, -0.15) is 0 Å². The van der Waals surface area contributed by atoms with E-state index in [9.17, 15) is 8.42 Å². The number of sulfonamides is 1. The minimum Gasteiger partial charge on any atom is -0.207 e. The van der Waals surface area contributed by atoms with Crippen molar-refractivity contribution in [2.24, 2.45) is 11.8 Å².